The van der Waals surface area contributed by atoms with Crippen molar-refractivity contribution in [1.82, 2.24) is 15.2 Å². The smallest absolute Gasteiger partial charge is 0.253 e. The lowest BCUT2D eigenvalue weighted by molar-refractivity contribution is -0.121. The molecule has 3 amide bonds. The normalized spacial score (nSPS) is 16.9. The first-order valence-electron chi connectivity index (χ1n) is 10.8. The van der Waals surface area contributed by atoms with E-state index < -0.39 is 0 Å². The van der Waals surface area contributed by atoms with Crippen LogP contribution in [0.25, 0.3) is 0 Å². The van der Waals surface area contributed by atoms with Crippen molar-refractivity contribution in [3.8, 4) is 0 Å². The number of amides is 3. The standard InChI is InChI=1S/C23H26ClN5O3/c24-16-5-8-20(25-13-16)28-22(31)15-9-11-29(12-10-15)14-21(30)27-19-4-2-1-3-18(19)23(32)26-17-6-7-17/h1-5,8,13,15,17H,6-7,9-12,14H2,(H,26,32)(H,27,30)(H,25,28,31). The van der Waals surface area contributed by atoms with Crippen LogP contribution in [0.3, 0.4) is 0 Å². The minimum Gasteiger partial charge on any atom is -0.349 e. The van der Waals surface area contributed by atoms with Gasteiger partial charge in [-0.15, -0.1) is 0 Å². The van der Waals surface area contributed by atoms with Crippen LogP contribution in [0.2, 0.25) is 5.02 Å². The number of halogens is 1. The Bertz CT molecular complexity index is 985. The van der Waals surface area contributed by atoms with E-state index in [0.717, 1.165) is 12.8 Å². The Hall–Kier alpha value is -2.97. The van der Waals surface area contributed by atoms with Gasteiger partial charge in [-0.3, -0.25) is 19.3 Å². The number of benzene rings is 1. The van der Waals surface area contributed by atoms with E-state index in [4.69, 9.17) is 11.6 Å². The number of likely N-dealkylation sites (tertiary alicyclic amines) is 1. The van der Waals surface area contributed by atoms with E-state index in [0.29, 0.717) is 48.0 Å². The molecule has 1 aliphatic heterocycles. The third-order valence-corrected chi connectivity index (χ3v) is 5.89. The van der Waals surface area contributed by atoms with Crippen LogP contribution in [0.15, 0.2) is 42.6 Å². The number of carbonyl (C=O) groups excluding carboxylic acids is 3. The molecule has 4 rings (SSSR count). The van der Waals surface area contributed by atoms with Gasteiger partial charge in [0.2, 0.25) is 11.8 Å². The fourth-order valence-corrected chi connectivity index (χ4v) is 3.82. The molecular weight excluding hydrogens is 430 g/mol. The molecule has 1 saturated carbocycles. The molecule has 1 aromatic carbocycles. The van der Waals surface area contributed by atoms with Crippen molar-refractivity contribution >= 4 is 40.8 Å². The van der Waals surface area contributed by atoms with E-state index in [1.807, 2.05) is 4.90 Å². The maximum atomic E-state index is 12.6. The van der Waals surface area contributed by atoms with Gasteiger partial charge in [0.15, 0.2) is 0 Å². The minimum atomic E-state index is -0.176. The molecule has 2 aromatic rings. The van der Waals surface area contributed by atoms with E-state index in [1.165, 1.54) is 6.20 Å². The lowest BCUT2D eigenvalue weighted by Gasteiger charge is -2.30. The topological polar surface area (TPSA) is 103 Å². The number of rotatable bonds is 7. The number of para-hydroxylation sites is 1. The van der Waals surface area contributed by atoms with E-state index >= 15 is 0 Å². The Morgan fingerprint density at radius 3 is 2.44 bits per heavy atom. The lowest BCUT2D eigenvalue weighted by Crippen LogP contribution is -2.42. The Kier molecular flexibility index (Phi) is 7.02. The van der Waals surface area contributed by atoms with Crippen molar-refractivity contribution < 1.29 is 14.4 Å². The van der Waals surface area contributed by atoms with E-state index in [1.54, 1.807) is 36.4 Å². The summed E-state index contributed by atoms with van der Waals surface area (Å²) in [7, 11) is 0. The number of carbonyl (C=O) groups is 3. The first-order chi connectivity index (χ1) is 15.5. The minimum absolute atomic E-state index is 0.0699. The summed E-state index contributed by atoms with van der Waals surface area (Å²) >= 11 is 5.82. The number of hydrogen-bond donors (Lipinski definition) is 3. The first kappa shape index (κ1) is 22.2. The summed E-state index contributed by atoms with van der Waals surface area (Å²) in [6.07, 6.45) is 4.82. The summed E-state index contributed by atoms with van der Waals surface area (Å²) in [5, 5.41) is 9.15. The van der Waals surface area contributed by atoms with Gasteiger partial charge in [0, 0.05) is 18.2 Å². The average Bonchev–Trinajstić information content (AvgIpc) is 3.60. The molecule has 1 saturated heterocycles. The van der Waals surface area contributed by atoms with Gasteiger partial charge in [-0.05, 0) is 63.0 Å². The third kappa shape index (κ3) is 6.05. The zero-order valence-corrected chi connectivity index (χ0v) is 18.4. The van der Waals surface area contributed by atoms with Gasteiger partial charge >= 0.3 is 0 Å². The van der Waals surface area contributed by atoms with Crippen LogP contribution in [0.4, 0.5) is 11.5 Å². The molecule has 0 unspecified atom stereocenters. The van der Waals surface area contributed by atoms with Gasteiger partial charge in [0.25, 0.3) is 5.91 Å². The third-order valence-electron chi connectivity index (χ3n) is 5.66. The van der Waals surface area contributed by atoms with E-state index in [2.05, 4.69) is 20.9 Å². The van der Waals surface area contributed by atoms with Crippen molar-refractivity contribution in [2.75, 3.05) is 30.3 Å². The summed E-state index contributed by atoms with van der Waals surface area (Å²) in [4.78, 5) is 43.6. The Morgan fingerprint density at radius 1 is 1.00 bits per heavy atom. The van der Waals surface area contributed by atoms with Crippen LogP contribution in [0, 0.1) is 5.92 Å². The number of pyridine rings is 1. The fraction of sp³-hybridized carbons (Fsp3) is 0.391. The van der Waals surface area contributed by atoms with E-state index in [9.17, 15) is 14.4 Å². The van der Waals surface area contributed by atoms with E-state index in [-0.39, 0.29) is 36.2 Å². The molecule has 0 spiro atoms. The molecule has 2 fully saturated rings. The highest BCUT2D eigenvalue weighted by atomic mass is 35.5. The second-order valence-corrected chi connectivity index (χ2v) is 8.68. The summed E-state index contributed by atoms with van der Waals surface area (Å²) in [6.45, 7) is 1.50. The van der Waals surface area contributed by atoms with Gasteiger partial charge in [0.1, 0.15) is 5.82 Å². The van der Waals surface area contributed by atoms with Crippen LogP contribution >= 0.6 is 11.6 Å². The largest absolute Gasteiger partial charge is 0.349 e. The van der Waals surface area contributed by atoms with Crippen LogP contribution in [0.1, 0.15) is 36.0 Å². The van der Waals surface area contributed by atoms with Gasteiger partial charge < -0.3 is 16.0 Å². The maximum Gasteiger partial charge on any atom is 0.253 e. The molecule has 8 nitrogen and oxygen atoms in total. The van der Waals surface area contributed by atoms with Crippen LogP contribution in [-0.4, -0.2) is 53.3 Å². The van der Waals surface area contributed by atoms with Gasteiger partial charge in [-0.1, -0.05) is 23.7 Å². The summed E-state index contributed by atoms with van der Waals surface area (Å²) in [5.74, 6) is -0.0564. The molecule has 0 atom stereocenters. The number of anilines is 2. The zero-order valence-electron chi connectivity index (χ0n) is 17.6. The highest BCUT2D eigenvalue weighted by Crippen LogP contribution is 2.22. The average molecular weight is 456 g/mol. The Balaban J connectivity index is 1.24. The summed E-state index contributed by atoms with van der Waals surface area (Å²) < 4.78 is 0. The monoisotopic (exact) mass is 455 g/mol. The van der Waals surface area contributed by atoms with Crippen molar-refractivity contribution in [1.29, 1.82) is 0 Å². The molecule has 168 valence electrons. The maximum absolute atomic E-state index is 12.6. The molecule has 2 aliphatic rings. The van der Waals surface area contributed by atoms with Gasteiger partial charge in [-0.2, -0.15) is 0 Å². The molecule has 2 heterocycles. The second-order valence-electron chi connectivity index (χ2n) is 8.24. The number of nitrogens with one attached hydrogen (secondary N) is 3. The second kappa shape index (κ2) is 10.1. The zero-order chi connectivity index (χ0) is 22.5. The Morgan fingerprint density at radius 2 is 1.75 bits per heavy atom. The lowest BCUT2D eigenvalue weighted by atomic mass is 9.96. The van der Waals surface area contributed by atoms with Gasteiger partial charge in [0.05, 0.1) is 22.8 Å². The highest BCUT2D eigenvalue weighted by Gasteiger charge is 2.27. The molecule has 0 bridgehead atoms. The summed E-state index contributed by atoms with van der Waals surface area (Å²) in [6, 6.07) is 10.6. The molecule has 1 aliphatic carbocycles. The predicted octanol–water partition coefficient (Wildman–Crippen LogP) is 2.92. The summed E-state index contributed by atoms with van der Waals surface area (Å²) in [5.41, 5.74) is 0.985. The molecule has 9 heteroatoms. The number of aromatic nitrogens is 1. The van der Waals surface area contributed by atoms with Crippen molar-refractivity contribution in [2.24, 2.45) is 5.92 Å². The quantitative estimate of drug-likeness (QED) is 0.595. The van der Waals surface area contributed by atoms with Crippen LogP contribution in [0.5, 0.6) is 0 Å². The fourth-order valence-electron chi connectivity index (χ4n) is 3.71. The molecule has 32 heavy (non-hydrogen) atoms. The van der Waals surface area contributed by atoms with Crippen molar-refractivity contribution in [3.05, 3.63) is 53.2 Å². The SMILES string of the molecule is O=C(CN1CCC(C(=O)Nc2ccc(Cl)cn2)CC1)Nc1ccccc1C(=O)NC1CC1. The van der Waals surface area contributed by atoms with Crippen LogP contribution in [-0.2, 0) is 9.59 Å². The van der Waals surface area contributed by atoms with Crippen molar-refractivity contribution in [3.63, 3.8) is 0 Å². The van der Waals surface area contributed by atoms with Crippen LogP contribution < -0.4 is 16.0 Å². The van der Waals surface area contributed by atoms with Crippen molar-refractivity contribution in [2.45, 2.75) is 31.7 Å². The molecule has 0 radical (unpaired) electrons. The number of piperidine rings is 1. The number of nitrogens with zero attached hydrogens (tertiary/aromatic N) is 2. The number of hydrogen-bond acceptors (Lipinski definition) is 5. The first-order valence-corrected chi connectivity index (χ1v) is 11.2. The molecule has 3 N–H and O–H groups in total. The molecular formula is C23H26ClN5O3. The molecule has 1 aromatic heterocycles. The predicted molar refractivity (Wildman–Crippen MR) is 123 cm³/mol. The van der Waals surface area contributed by atoms with Gasteiger partial charge in [-0.25, -0.2) is 4.98 Å². The Labute approximate surface area is 191 Å². The highest BCUT2D eigenvalue weighted by molar-refractivity contribution is 6.30.